The summed E-state index contributed by atoms with van der Waals surface area (Å²) in [6.07, 6.45) is 2.62. The fourth-order valence-corrected chi connectivity index (χ4v) is 6.39. The lowest BCUT2D eigenvalue weighted by Crippen LogP contribution is -2.40. The zero-order valence-corrected chi connectivity index (χ0v) is 27.6. The molecule has 1 unspecified atom stereocenters. The van der Waals surface area contributed by atoms with E-state index in [1.165, 1.54) is 42.5 Å². The predicted molar refractivity (Wildman–Crippen MR) is 168 cm³/mol. The highest BCUT2D eigenvalue weighted by Gasteiger charge is 2.27. The molecule has 0 bridgehead atoms. The average Bonchev–Trinajstić information content (AvgIpc) is 3.89. The maximum Gasteiger partial charge on any atom is 0.387 e. The van der Waals surface area contributed by atoms with Crippen LogP contribution in [-0.2, 0) is 30.7 Å². The number of hydrogen-bond donors (Lipinski definition) is 1. The SMILES string of the molecule is O=C(CNS(=O)(=O)c1ccc(C(=O)N2CCOCC2)cc1)OC(Cc1c(Cl)c[n+]([O-])cc1Cl)c1ccc(OC(F)F)c(OCC2CC2)c1. The molecule has 1 saturated carbocycles. The lowest BCUT2D eigenvalue weighted by Gasteiger charge is -2.26. The van der Waals surface area contributed by atoms with Crippen LogP contribution in [0, 0.1) is 11.1 Å². The van der Waals surface area contributed by atoms with E-state index in [2.05, 4.69) is 9.46 Å². The average molecular weight is 731 g/mol. The van der Waals surface area contributed by atoms with Gasteiger partial charge in [0.2, 0.25) is 10.0 Å². The van der Waals surface area contributed by atoms with Crippen molar-refractivity contribution in [3.63, 3.8) is 0 Å². The summed E-state index contributed by atoms with van der Waals surface area (Å²) in [6.45, 7) is -1.97. The molecule has 1 aliphatic heterocycles. The third kappa shape index (κ3) is 9.44. The summed E-state index contributed by atoms with van der Waals surface area (Å²) in [7, 11) is -4.22. The molecule has 1 amide bonds. The Labute approximate surface area is 285 Å². The van der Waals surface area contributed by atoms with Crippen molar-refractivity contribution in [2.24, 2.45) is 5.92 Å². The van der Waals surface area contributed by atoms with Gasteiger partial charge in [-0.05, 0) is 60.7 Å². The van der Waals surface area contributed by atoms with Crippen molar-refractivity contribution in [1.82, 2.24) is 9.62 Å². The van der Waals surface area contributed by atoms with E-state index < -0.39 is 35.3 Å². The van der Waals surface area contributed by atoms with Crippen molar-refractivity contribution in [3.05, 3.63) is 86.8 Å². The maximum absolute atomic E-state index is 13.1. The second-order valence-corrected chi connectivity index (χ2v) is 13.6. The van der Waals surface area contributed by atoms with Crippen molar-refractivity contribution in [3.8, 4) is 11.5 Å². The molecule has 1 saturated heterocycles. The van der Waals surface area contributed by atoms with Gasteiger partial charge in [-0.25, -0.2) is 8.42 Å². The Hall–Kier alpha value is -3.76. The quantitative estimate of drug-likeness (QED) is 0.146. The molecule has 1 aromatic heterocycles. The first-order chi connectivity index (χ1) is 22.9. The highest BCUT2D eigenvalue weighted by atomic mass is 35.5. The van der Waals surface area contributed by atoms with Gasteiger partial charge in [0, 0.05) is 30.6 Å². The number of sulfonamides is 1. The maximum atomic E-state index is 13.1. The molecule has 1 aliphatic carbocycles. The molecule has 2 aliphatic rings. The standard InChI is InChI=1S/C31H31Cl2F2N3O9S/c32-24-16-38(41)17-25(33)23(24)14-27(21-5-8-26(47-31(34)35)28(13-21)45-18-19-1-2-19)46-29(39)15-36-48(42,43)22-6-3-20(4-7-22)30(40)37-9-11-44-12-10-37/h3-8,13,16-17,19,27,31,36H,1-2,9-12,14-15,18H2. The van der Waals surface area contributed by atoms with Gasteiger partial charge in [0.15, 0.2) is 23.9 Å². The number of alkyl halides is 2. The van der Waals surface area contributed by atoms with Crippen molar-refractivity contribution in [2.75, 3.05) is 39.5 Å². The number of aromatic nitrogens is 1. The molecule has 0 spiro atoms. The second kappa shape index (κ2) is 15.6. The lowest BCUT2D eigenvalue weighted by molar-refractivity contribution is -0.605. The van der Waals surface area contributed by atoms with Crippen molar-refractivity contribution >= 4 is 45.1 Å². The number of amides is 1. The molecule has 2 heterocycles. The Morgan fingerprint density at radius 1 is 1.04 bits per heavy atom. The fourth-order valence-electron chi connectivity index (χ4n) is 4.83. The number of nitrogens with one attached hydrogen (secondary N) is 1. The third-order valence-corrected chi connectivity index (χ3v) is 9.63. The summed E-state index contributed by atoms with van der Waals surface area (Å²) >= 11 is 12.6. The van der Waals surface area contributed by atoms with Crippen LogP contribution in [0.5, 0.6) is 11.5 Å². The Kier molecular flexibility index (Phi) is 11.6. The highest BCUT2D eigenvalue weighted by molar-refractivity contribution is 7.89. The number of esters is 1. The number of halogens is 4. The molecule has 48 heavy (non-hydrogen) atoms. The van der Waals surface area contributed by atoms with Crippen LogP contribution in [0.25, 0.3) is 0 Å². The number of benzene rings is 2. The monoisotopic (exact) mass is 729 g/mol. The Morgan fingerprint density at radius 2 is 1.71 bits per heavy atom. The molecular weight excluding hydrogens is 699 g/mol. The minimum Gasteiger partial charge on any atom is -0.619 e. The zero-order chi connectivity index (χ0) is 34.4. The first-order valence-electron chi connectivity index (χ1n) is 14.8. The van der Waals surface area contributed by atoms with Crippen molar-refractivity contribution < 1.29 is 50.5 Å². The number of pyridine rings is 1. The van der Waals surface area contributed by atoms with E-state index in [0.717, 1.165) is 25.2 Å². The Balaban J connectivity index is 1.32. The van der Waals surface area contributed by atoms with Gasteiger partial charge in [0.1, 0.15) is 22.7 Å². The van der Waals surface area contributed by atoms with Crippen molar-refractivity contribution in [1.29, 1.82) is 0 Å². The molecule has 12 nitrogen and oxygen atoms in total. The molecule has 1 atom stereocenters. The van der Waals surface area contributed by atoms with Gasteiger partial charge in [-0.15, -0.1) is 0 Å². The van der Waals surface area contributed by atoms with E-state index in [-0.39, 0.29) is 62.4 Å². The molecular formula is C31H31Cl2F2N3O9S. The van der Waals surface area contributed by atoms with Crippen LogP contribution in [0.3, 0.4) is 0 Å². The lowest BCUT2D eigenvalue weighted by atomic mass is 10.0. The topological polar surface area (TPSA) is 147 Å². The van der Waals surface area contributed by atoms with Gasteiger partial charge < -0.3 is 29.1 Å². The van der Waals surface area contributed by atoms with Crippen LogP contribution < -0.4 is 18.9 Å². The summed E-state index contributed by atoms with van der Waals surface area (Å²) in [5, 5.41) is 11.7. The van der Waals surface area contributed by atoms with E-state index in [0.29, 0.717) is 36.6 Å². The van der Waals surface area contributed by atoms with E-state index in [9.17, 15) is 32.0 Å². The minimum absolute atomic E-state index is 0.0142. The predicted octanol–water partition coefficient (Wildman–Crippen LogP) is 4.29. The number of carbonyl (C=O) groups is 2. The normalized spacial score (nSPS) is 15.6. The van der Waals surface area contributed by atoms with Gasteiger partial charge in [-0.2, -0.15) is 18.2 Å². The Morgan fingerprint density at radius 3 is 2.33 bits per heavy atom. The van der Waals surface area contributed by atoms with Crippen LogP contribution in [0.4, 0.5) is 8.78 Å². The van der Waals surface area contributed by atoms with E-state index in [1.807, 2.05) is 0 Å². The van der Waals surface area contributed by atoms with E-state index >= 15 is 0 Å². The number of morpholine rings is 1. The molecule has 0 radical (unpaired) electrons. The molecule has 17 heteroatoms. The smallest absolute Gasteiger partial charge is 0.387 e. The van der Waals surface area contributed by atoms with Crippen LogP contribution in [0.15, 0.2) is 59.8 Å². The van der Waals surface area contributed by atoms with E-state index in [1.54, 1.807) is 4.90 Å². The van der Waals surface area contributed by atoms with Crippen LogP contribution in [0.2, 0.25) is 10.0 Å². The highest BCUT2D eigenvalue weighted by Crippen LogP contribution is 2.37. The summed E-state index contributed by atoms with van der Waals surface area (Å²) in [5.41, 5.74) is 0.804. The Bertz CT molecular complexity index is 1720. The van der Waals surface area contributed by atoms with E-state index in [4.69, 9.17) is 37.4 Å². The first kappa shape index (κ1) is 35.5. The molecule has 2 aromatic carbocycles. The molecule has 2 fully saturated rings. The number of hydrogen-bond acceptors (Lipinski definition) is 9. The fraction of sp³-hybridized carbons (Fsp3) is 0.387. The number of carbonyl (C=O) groups excluding carboxylic acids is 2. The molecule has 3 aromatic rings. The van der Waals surface area contributed by atoms with Crippen LogP contribution >= 0.6 is 23.2 Å². The summed E-state index contributed by atoms with van der Waals surface area (Å²) < 4.78 is 76.1. The first-order valence-corrected chi connectivity index (χ1v) is 17.1. The van der Waals surface area contributed by atoms with Crippen LogP contribution in [0.1, 0.15) is 40.4 Å². The van der Waals surface area contributed by atoms with Gasteiger partial charge in [-0.3, -0.25) is 9.59 Å². The number of nitrogens with zero attached hydrogens (tertiary/aromatic N) is 2. The van der Waals surface area contributed by atoms with Crippen molar-refractivity contribution in [2.45, 2.75) is 36.9 Å². The summed E-state index contributed by atoms with van der Waals surface area (Å²) in [4.78, 5) is 27.2. The van der Waals surface area contributed by atoms with Gasteiger partial charge in [0.05, 0.1) is 24.7 Å². The molecule has 5 rings (SSSR count). The van der Waals surface area contributed by atoms with Gasteiger partial charge >= 0.3 is 12.6 Å². The summed E-state index contributed by atoms with van der Waals surface area (Å²) in [6, 6.07) is 9.24. The number of rotatable bonds is 14. The minimum atomic E-state index is -4.22. The third-order valence-electron chi connectivity index (χ3n) is 7.56. The molecule has 258 valence electrons. The zero-order valence-electron chi connectivity index (χ0n) is 25.3. The van der Waals surface area contributed by atoms with Gasteiger partial charge in [0.25, 0.3) is 5.91 Å². The second-order valence-electron chi connectivity index (χ2n) is 11.1. The van der Waals surface area contributed by atoms with Crippen LogP contribution in [-0.4, -0.2) is 71.3 Å². The summed E-state index contributed by atoms with van der Waals surface area (Å²) in [5.74, 6) is -1.23. The largest absolute Gasteiger partial charge is 0.619 e. The molecule has 1 N–H and O–H groups in total. The number of ether oxygens (including phenoxy) is 4. The van der Waals surface area contributed by atoms with Gasteiger partial charge in [-0.1, -0.05) is 29.3 Å².